The van der Waals surface area contributed by atoms with Crippen LogP contribution in [0.1, 0.15) is 24.8 Å². The van der Waals surface area contributed by atoms with Gasteiger partial charge in [-0.1, -0.05) is 0 Å². The summed E-state index contributed by atoms with van der Waals surface area (Å²) in [4.78, 5) is 25.0. The smallest absolute Gasteiger partial charge is 0.226 e. The van der Waals surface area contributed by atoms with Gasteiger partial charge in [0.25, 0.3) is 0 Å². The SMILES string of the molecule is Cc1cc(Nc2ncnc3cnc(N4CCC5(CC5)C4)nc23)ccc1Oc1ccc2c(c1)ncn2C. The van der Waals surface area contributed by atoms with E-state index in [9.17, 15) is 0 Å². The lowest BCUT2D eigenvalue weighted by Crippen LogP contribution is -2.22. The van der Waals surface area contributed by atoms with Crippen molar-refractivity contribution in [3.05, 3.63) is 60.8 Å². The number of rotatable bonds is 5. The molecular weight excluding hydrogens is 452 g/mol. The maximum absolute atomic E-state index is 6.17. The molecule has 2 fully saturated rings. The van der Waals surface area contributed by atoms with E-state index in [1.165, 1.54) is 19.3 Å². The van der Waals surface area contributed by atoms with E-state index in [4.69, 9.17) is 9.72 Å². The predicted molar refractivity (Wildman–Crippen MR) is 139 cm³/mol. The Bertz CT molecular complexity index is 1620. The monoisotopic (exact) mass is 478 g/mol. The second kappa shape index (κ2) is 7.87. The van der Waals surface area contributed by atoms with E-state index in [-0.39, 0.29) is 0 Å². The van der Waals surface area contributed by atoms with Gasteiger partial charge in [0.15, 0.2) is 5.82 Å². The minimum absolute atomic E-state index is 0.511. The molecule has 1 aliphatic carbocycles. The predicted octanol–water partition coefficient (Wildman–Crippen LogP) is 5.14. The first-order valence-electron chi connectivity index (χ1n) is 12.2. The lowest BCUT2D eigenvalue weighted by Gasteiger charge is -2.17. The molecule has 0 unspecified atom stereocenters. The molecule has 0 bridgehead atoms. The van der Waals surface area contributed by atoms with Crippen LogP contribution in [0.25, 0.3) is 22.1 Å². The van der Waals surface area contributed by atoms with Crippen molar-refractivity contribution in [3.8, 4) is 11.5 Å². The van der Waals surface area contributed by atoms with E-state index >= 15 is 0 Å². The van der Waals surface area contributed by atoms with Crippen LogP contribution in [0.2, 0.25) is 0 Å². The van der Waals surface area contributed by atoms with Gasteiger partial charge in [0.1, 0.15) is 28.9 Å². The van der Waals surface area contributed by atoms with E-state index in [0.29, 0.717) is 11.2 Å². The van der Waals surface area contributed by atoms with Crippen molar-refractivity contribution in [2.75, 3.05) is 23.3 Å². The van der Waals surface area contributed by atoms with Gasteiger partial charge in [0.05, 0.1) is 23.6 Å². The molecule has 36 heavy (non-hydrogen) atoms. The number of hydrogen-bond acceptors (Lipinski definition) is 8. The van der Waals surface area contributed by atoms with E-state index in [0.717, 1.165) is 63.9 Å². The Balaban J connectivity index is 1.14. The molecule has 1 saturated heterocycles. The number of ether oxygens (including phenoxy) is 1. The lowest BCUT2D eigenvalue weighted by molar-refractivity contribution is 0.479. The summed E-state index contributed by atoms with van der Waals surface area (Å²) < 4.78 is 8.16. The number of anilines is 3. The highest BCUT2D eigenvalue weighted by molar-refractivity contribution is 5.87. The number of benzene rings is 2. The molecule has 5 aromatic rings. The van der Waals surface area contributed by atoms with Gasteiger partial charge < -0.3 is 19.5 Å². The van der Waals surface area contributed by atoms with E-state index in [1.54, 1.807) is 18.9 Å². The molecule has 3 aromatic heterocycles. The third kappa shape index (κ3) is 3.67. The topological polar surface area (TPSA) is 93.9 Å². The standard InChI is InChI=1S/C27H26N8O/c1-17-11-18(3-6-23(17)36-19-4-5-22-20(12-19)31-16-34(22)2)32-25-24-21(29-15-30-25)13-28-26(33-24)35-10-9-27(14-35)7-8-27/h3-6,11-13,15-16H,7-10,14H2,1-2H3,(H,29,30,32). The molecule has 1 aliphatic heterocycles. The Morgan fingerprint density at radius 1 is 0.972 bits per heavy atom. The van der Waals surface area contributed by atoms with Crippen molar-refractivity contribution in [3.63, 3.8) is 0 Å². The van der Waals surface area contributed by atoms with Gasteiger partial charge in [0.2, 0.25) is 5.95 Å². The Morgan fingerprint density at radius 2 is 1.89 bits per heavy atom. The zero-order valence-corrected chi connectivity index (χ0v) is 20.3. The Labute approximate surface area is 208 Å². The minimum Gasteiger partial charge on any atom is -0.457 e. The third-order valence-corrected chi connectivity index (χ3v) is 7.41. The fraction of sp³-hybridized carbons (Fsp3) is 0.296. The molecule has 9 heteroatoms. The average Bonchev–Trinajstić information content (AvgIpc) is 3.36. The zero-order chi connectivity index (χ0) is 24.3. The van der Waals surface area contributed by atoms with Crippen LogP contribution in [0.3, 0.4) is 0 Å². The van der Waals surface area contributed by atoms with Crippen LogP contribution in [0.5, 0.6) is 11.5 Å². The van der Waals surface area contributed by atoms with Crippen LogP contribution in [-0.2, 0) is 7.05 Å². The summed E-state index contributed by atoms with van der Waals surface area (Å²) in [6.45, 7) is 4.08. The third-order valence-electron chi connectivity index (χ3n) is 7.41. The number of imidazole rings is 1. The molecule has 2 aromatic carbocycles. The highest BCUT2D eigenvalue weighted by Crippen LogP contribution is 2.53. The first-order chi connectivity index (χ1) is 17.6. The number of nitrogens with one attached hydrogen (secondary N) is 1. The van der Waals surface area contributed by atoms with Crippen LogP contribution in [0, 0.1) is 12.3 Å². The first kappa shape index (κ1) is 21.0. The Morgan fingerprint density at radius 3 is 2.72 bits per heavy atom. The normalized spacial score (nSPS) is 16.2. The van der Waals surface area contributed by atoms with E-state index in [1.807, 2.05) is 54.9 Å². The number of aromatic nitrogens is 6. The van der Waals surface area contributed by atoms with Crippen molar-refractivity contribution >= 4 is 39.5 Å². The molecule has 7 rings (SSSR count). The Hall–Kier alpha value is -4.27. The summed E-state index contributed by atoms with van der Waals surface area (Å²) in [5.41, 5.74) is 5.83. The molecule has 9 nitrogen and oxygen atoms in total. The van der Waals surface area contributed by atoms with E-state index < -0.39 is 0 Å². The highest BCUT2D eigenvalue weighted by Gasteiger charge is 2.48. The molecular formula is C27H26N8O. The van der Waals surface area contributed by atoms with Gasteiger partial charge in [-0.15, -0.1) is 0 Å². The molecule has 0 amide bonds. The van der Waals surface area contributed by atoms with Gasteiger partial charge in [-0.2, -0.15) is 0 Å². The number of fused-ring (bicyclic) bond motifs is 2. The first-order valence-corrected chi connectivity index (χ1v) is 12.2. The summed E-state index contributed by atoms with van der Waals surface area (Å²) in [6, 6.07) is 11.9. The molecule has 2 aliphatic rings. The fourth-order valence-electron chi connectivity index (χ4n) is 5.06. The molecule has 1 spiro atoms. The number of hydrogen-bond donors (Lipinski definition) is 1. The van der Waals surface area contributed by atoms with Gasteiger partial charge in [-0.25, -0.2) is 24.9 Å². The van der Waals surface area contributed by atoms with Crippen molar-refractivity contribution < 1.29 is 4.74 Å². The summed E-state index contributed by atoms with van der Waals surface area (Å²) in [6.07, 6.45) is 9.02. The molecule has 0 atom stereocenters. The van der Waals surface area contributed by atoms with Crippen molar-refractivity contribution in [2.24, 2.45) is 12.5 Å². The summed E-state index contributed by atoms with van der Waals surface area (Å²) in [5.74, 6) is 2.97. The quantitative estimate of drug-likeness (QED) is 0.371. The largest absolute Gasteiger partial charge is 0.457 e. The molecule has 4 heterocycles. The minimum atomic E-state index is 0.511. The molecule has 0 radical (unpaired) electrons. The average molecular weight is 479 g/mol. The van der Waals surface area contributed by atoms with Gasteiger partial charge >= 0.3 is 0 Å². The number of aryl methyl sites for hydroxylation is 2. The maximum Gasteiger partial charge on any atom is 0.226 e. The van der Waals surface area contributed by atoms with Crippen LogP contribution < -0.4 is 15.0 Å². The lowest BCUT2D eigenvalue weighted by atomic mass is 10.1. The Kier molecular flexibility index (Phi) is 4.60. The van der Waals surface area contributed by atoms with Crippen LogP contribution >= 0.6 is 0 Å². The van der Waals surface area contributed by atoms with Gasteiger partial charge in [-0.05, 0) is 67.5 Å². The molecule has 180 valence electrons. The van der Waals surface area contributed by atoms with Crippen LogP contribution in [-0.4, -0.2) is 42.6 Å². The van der Waals surface area contributed by atoms with Gasteiger partial charge in [0, 0.05) is 31.9 Å². The van der Waals surface area contributed by atoms with Crippen molar-refractivity contribution in [1.82, 2.24) is 29.5 Å². The van der Waals surface area contributed by atoms with Crippen LogP contribution in [0.4, 0.5) is 17.5 Å². The van der Waals surface area contributed by atoms with Crippen molar-refractivity contribution in [1.29, 1.82) is 0 Å². The summed E-state index contributed by atoms with van der Waals surface area (Å²) >= 11 is 0. The second-order valence-corrected chi connectivity index (χ2v) is 10.0. The van der Waals surface area contributed by atoms with Crippen molar-refractivity contribution in [2.45, 2.75) is 26.2 Å². The fourth-order valence-corrected chi connectivity index (χ4v) is 5.06. The van der Waals surface area contributed by atoms with Crippen LogP contribution in [0.15, 0.2) is 55.2 Å². The second-order valence-electron chi connectivity index (χ2n) is 10.0. The highest BCUT2D eigenvalue weighted by atomic mass is 16.5. The zero-order valence-electron chi connectivity index (χ0n) is 20.3. The maximum atomic E-state index is 6.17. The number of nitrogens with zero attached hydrogens (tertiary/aromatic N) is 7. The summed E-state index contributed by atoms with van der Waals surface area (Å²) in [5, 5.41) is 3.42. The van der Waals surface area contributed by atoms with Gasteiger partial charge in [-0.3, -0.25) is 0 Å². The summed E-state index contributed by atoms with van der Waals surface area (Å²) in [7, 11) is 1.98. The van der Waals surface area contributed by atoms with E-state index in [2.05, 4.69) is 30.2 Å². The molecule has 1 saturated carbocycles. The molecule has 1 N–H and O–H groups in total.